The number of aliphatic hydroxyl groups excluding tert-OH is 1. The molecule has 0 amide bonds. The molecule has 1 atom stereocenters. The average Bonchev–Trinajstić information content (AvgIpc) is 2.46. The van der Waals surface area contributed by atoms with Crippen LogP contribution in [0.25, 0.3) is 0 Å². The minimum atomic E-state index is -0.535. The third-order valence-corrected chi connectivity index (χ3v) is 3.03. The fourth-order valence-electron chi connectivity index (χ4n) is 2.09. The number of carbonyl (C=O) groups is 1. The van der Waals surface area contributed by atoms with Crippen molar-refractivity contribution in [2.45, 2.75) is 6.10 Å². The van der Waals surface area contributed by atoms with Crippen LogP contribution in [0.4, 0.5) is 11.4 Å². The predicted octanol–water partition coefficient (Wildman–Crippen LogP) is 0.605. The summed E-state index contributed by atoms with van der Waals surface area (Å²) in [5.74, 6) is 0. The van der Waals surface area contributed by atoms with Crippen molar-refractivity contribution in [1.82, 2.24) is 0 Å². The van der Waals surface area contributed by atoms with Gasteiger partial charge < -0.3 is 14.7 Å². The molecule has 0 bridgehead atoms. The van der Waals surface area contributed by atoms with E-state index in [2.05, 4.69) is 0 Å². The Morgan fingerprint density at radius 1 is 1.58 bits per heavy atom. The van der Waals surface area contributed by atoms with Crippen molar-refractivity contribution in [3.05, 3.63) is 33.9 Å². The summed E-state index contributed by atoms with van der Waals surface area (Å²) < 4.78 is 5.33. The molecule has 0 spiro atoms. The number of non-ortho nitro benzene ring substituents is 1. The number of benzene rings is 1. The van der Waals surface area contributed by atoms with Crippen LogP contribution in [0.5, 0.6) is 0 Å². The first-order chi connectivity index (χ1) is 9.15. The minimum Gasteiger partial charge on any atom is -0.394 e. The summed E-state index contributed by atoms with van der Waals surface area (Å²) >= 11 is 0. The number of rotatable bonds is 4. The maximum absolute atomic E-state index is 11.1. The van der Waals surface area contributed by atoms with Crippen LogP contribution in [0.2, 0.25) is 0 Å². The molecule has 19 heavy (non-hydrogen) atoms. The van der Waals surface area contributed by atoms with Crippen molar-refractivity contribution in [2.75, 3.05) is 31.2 Å². The van der Waals surface area contributed by atoms with Crippen LogP contribution in [0.1, 0.15) is 10.4 Å². The molecule has 1 heterocycles. The number of nitro benzene ring substituents is 1. The van der Waals surface area contributed by atoms with E-state index in [9.17, 15) is 14.9 Å². The van der Waals surface area contributed by atoms with E-state index in [-0.39, 0.29) is 24.0 Å². The summed E-state index contributed by atoms with van der Waals surface area (Å²) in [4.78, 5) is 23.1. The third kappa shape index (κ3) is 2.88. The molecule has 0 saturated carbocycles. The first-order valence-electron chi connectivity index (χ1n) is 5.86. The van der Waals surface area contributed by atoms with Gasteiger partial charge in [0, 0.05) is 36.5 Å². The summed E-state index contributed by atoms with van der Waals surface area (Å²) in [5.41, 5.74) is 0.785. The Hall–Kier alpha value is -1.99. The van der Waals surface area contributed by atoms with E-state index in [1.54, 1.807) is 6.07 Å². The SMILES string of the molecule is O=Cc1cc([N+](=O)[O-])ccc1N1CCOC(CO)C1. The minimum absolute atomic E-state index is 0.0973. The fraction of sp³-hybridized carbons (Fsp3) is 0.417. The number of nitro groups is 1. The van der Waals surface area contributed by atoms with E-state index in [4.69, 9.17) is 9.84 Å². The number of hydrogen-bond donors (Lipinski definition) is 1. The normalized spacial score (nSPS) is 19.2. The number of ether oxygens (including phenoxy) is 1. The number of hydrogen-bond acceptors (Lipinski definition) is 6. The van der Waals surface area contributed by atoms with Gasteiger partial charge in [0.2, 0.25) is 0 Å². The second kappa shape index (κ2) is 5.77. The Balaban J connectivity index is 2.28. The number of aldehydes is 1. The monoisotopic (exact) mass is 266 g/mol. The van der Waals surface area contributed by atoms with Crippen molar-refractivity contribution in [3.63, 3.8) is 0 Å². The van der Waals surface area contributed by atoms with E-state index < -0.39 is 4.92 Å². The van der Waals surface area contributed by atoms with Crippen LogP contribution in [0.3, 0.4) is 0 Å². The van der Waals surface area contributed by atoms with Gasteiger partial charge in [0.25, 0.3) is 5.69 Å². The molecule has 0 radical (unpaired) electrons. The number of aliphatic hydroxyl groups is 1. The van der Waals surface area contributed by atoms with Crippen molar-refractivity contribution in [2.24, 2.45) is 0 Å². The van der Waals surface area contributed by atoms with E-state index in [1.807, 2.05) is 4.90 Å². The molecule has 2 rings (SSSR count). The Kier molecular flexibility index (Phi) is 4.08. The zero-order chi connectivity index (χ0) is 13.8. The first kappa shape index (κ1) is 13.4. The highest BCUT2D eigenvalue weighted by Crippen LogP contribution is 2.25. The van der Waals surface area contributed by atoms with Gasteiger partial charge in [0.05, 0.1) is 24.2 Å². The molecule has 1 saturated heterocycles. The second-order valence-corrected chi connectivity index (χ2v) is 4.24. The van der Waals surface area contributed by atoms with Gasteiger partial charge in [-0.15, -0.1) is 0 Å². The lowest BCUT2D eigenvalue weighted by molar-refractivity contribution is -0.384. The molecule has 0 aliphatic carbocycles. The van der Waals surface area contributed by atoms with Gasteiger partial charge in [-0.3, -0.25) is 14.9 Å². The summed E-state index contributed by atoms with van der Waals surface area (Å²) in [7, 11) is 0. The zero-order valence-electron chi connectivity index (χ0n) is 10.2. The highest BCUT2D eigenvalue weighted by atomic mass is 16.6. The summed E-state index contributed by atoms with van der Waals surface area (Å²) in [5, 5.41) is 19.8. The molecule has 7 nitrogen and oxygen atoms in total. The molecule has 1 aromatic carbocycles. The smallest absolute Gasteiger partial charge is 0.270 e. The zero-order valence-corrected chi connectivity index (χ0v) is 10.2. The molecule has 1 aliphatic heterocycles. The number of carbonyl (C=O) groups excluding carboxylic acids is 1. The van der Waals surface area contributed by atoms with Gasteiger partial charge in [0.1, 0.15) is 0 Å². The van der Waals surface area contributed by atoms with E-state index in [1.165, 1.54) is 12.1 Å². The maximum Gasteiger partial charge on any atom is 0.270 e. The summed E-state index contributed by atoms with van der Waals surface area (Å²) in [6.07, 6.45) is 0.301. The van der Waals surface area contributed by atoms with Crippen molar-refractivity contribution in [3.8, 4) is 0 Å². The highest BCUT2D eigenvalue weighted by Gasteiger charge is 2.22. The Morgan fingerprint density at radius 2 is 2.37 bits per heavy atom. The van der Waals surface area contributed by atoms with Crippen molar-refractivity contribution in [1.29, 1.82) is 0 Å². The molecular formula is C12H14N2O5. The van der Waals surface area contributed by atoms with Gasteiger partial charge in [-0.2, -0.15) is 0 Å². The molecule has 1 fully saturated rings. The van der Waals surface area contributed by atoms with Crippen LogP contribution in [-0.2, 0) is 4.74 Å². The standard InChI is InChI=1S/C12H14N2O5/c15-7-9-5-10(14(17)18)1-2-12(9)13-3-4-19-11(6-13)8-16/h1-2,5,7,11,16H,3-4,6,8H2. The average molecular weight is 266 g/mol. The van der Waals surface area contributed by atoms with Crippen LogP contribution < -0.4 is 4.90 Å². The predicted molar refractivity (Wildman–Crippen MR) is 67.5 cm³/mol. The topological polar surface area (TPSA) is 92.9 Å². The van der Waals surface area contributed by atoms with Gasteiger partial charge >= 0.3 is 0 Å². The lowest BCUT2D eigenvalue weighted by Crippen LogP contribution is -2.44. The molecule has 1 aliphatic rings. The lowest BCUT2D eigenvalue weighted by Gasteiger charge is -2.34. The van der Waals surface area contributed by atoms with Gasteiger partial charge in [-0.25, -0.2) is 0 Å². The number of anilines is 1. The highest BCUT2D eigenvalue weighted by molar-refractivity contribution is 5.86. The third-order valence-electron chi connectivity index (χ3n) is 3.03. The molecule has 102 valence electrons. The van der Waals surface area contributed by atoms with Gasteiger partial charge in [-0.05, 0) is 6.07 Å². The molecule has 0 aromatic heterocycles. The number of morpholine rings is 1. The Bertz CT molecular complexity index is 491. The quantitative estimate of drug-likeness (QED) is 0.487. The molecular weight excluding hydrogens is 252 g/mol. The van der Waals surface area contributed by atoms with Crippen LogP contribution in [0.15, 0.2) is 18.2 Å². The van der Waals surface area contributed by atoms with E-state index in [0.29, 0.717) is 31.7 Å². The lowest BCUT2D eigenvalue weighted by atomic mass is 10.1. The first-order valence-corrected chi connectivity index (χ1v) is 5.86. The van der Waals surface area contributed by atoms with Crippen molar-refractivity contribution >= 4 is 17.7 Å². The molecule has 7 heteroatoms. The van der Waals surface area contributed by atoms with E-state index >= 15 is 0 Å². The maximum atomic E-state index is 11.1. The van der Waals surface area contributed by atoms with Crippen LogP contribution >= 0.6 is 0 Å². The van der Waals surface area contributed by atoms with E-state index in [0.717, 1.165) is 0 Å². The molecule has 1 N–H and O–H groups in total. The fourth-order valence-corrected chi connectivity index (χ4v) is 2.09. The molecule has 1 unspecified atom stereocenters. The molecule has 1 aromatic rings. The van der Waals surface area contributed by atoms with Gasteiger partial charge in [-0.1, -0.05) is 0 Å². The largest absolute Gasteiger partial charge is 0.394 e. The van der Waals surface area contributed by atoms with Crippen LogP contribution in [-0.4, -0.2) is 48.7 Å². The number of nitrogens with zero attached hydrogens (tertiary/aromatic N) is 2. The Morgan fingerprint density at radius 3 is 3.00 bits per heavy atom. The van der Waals surface area contributed by atoms with Crippen LogP contribution in [0, 0.1) is 10.1 Å². The van der Waals surface area contributed by atoms with Crippen molar-refractivity contribution < 1.29 is 19.6 Å². The summed E-state index contributed by atoms with van der Waals surface area (Å²) in [6, 6.07) is 4.18. The summed E-state index contributed by atoms with van der Waals surface area (Å²) in [6.45, 7) is 1.38. The second-order valence-electron chi connectivity index (χ2n) is 4.24. The van der Waals surface area contributed by atoms with Gasteiger partial charge in [0.15, 0.2) is 6.29 Å². The Labute approximate surface area is 109 Å².